The molecule has 1 saturated carbocycles. The average Bonchev–Trinajstić information content (AvgIpc) is 2.56. The summed E-state index contributed by atoms with van der Waals surface area (Å²) in [5.74, 6) is 1.37. The van der Waals surface area contributed by atoms with Crippen molar-refractivity contribution in [2.75, 3.05) is 18.4 Å². The molecule has 5 nitrogen and oxygen atoms in total. The first-order valence-electron chi connectivity index (χ1n) is 8.56. The molecule has 22 heavy (non-hydrogen) atoms. The van der Waals surface area contributed by atoms with Gasteiger partial charge in [-0.15, -0.1) is 0 Å². The standard InChI is InChI=1S/C17H26N4O/c1-13(22)21-9-5-6-14(12-21)16-10-19-17(11-18-16)20-15-7-3-2-4-8-15/h10-11,14-15H,2-9,12H2,1H3,(H,19,20)/t14-/m0/s1. The molecule has 1 atom stereocenters. The summed E-state index contributed by atoms with van der Waals surface area (Å²) in [6, 6.07) is 0.553. The number of carbonyl (C=O) groups excluding carboxylic acids is 1. The highest BCUT2D eigenvalue weighted by atomic mass is 16.2. The van der Waals surface area contributed by atoms with E-state index in [4.69, 9.17) is 0 Å². The van der Waals surface area contributed by atoms with E-state index in [2.05, 4.69) is 15.3 Å². The Balaban J connectivity index is 1.59. The zero-order valence-electron chi connectivity index (χ0n) is 13.4. The zero-order chi connectivity index (χ0) is 15.4. The van der Waals surface area contributed by atoms with Gasteiger partial charge in [0, 0.05) is 32.0 Å². The molecule has 2 aliphatic rings. The molecule has 1 aromatic heterocycles. The monoisotopic (exact) mass is 302 g/mol. The first-order valence-corrected chi connectivity index (χ1v) is 8.56. The average molecular weight is 302 g/mol. The minimum Gasteiger partial charge on any atom is -0.366 e. The summed E-state index contributed by atoms with van der Waals surface area (Å²) in [4.78, 5) is 22.6. The maximum atomic E-state index is 11.5. The molecule has 0 aromatic carbocycles. The molecule has 2 fully saturated rings. The first kappa shape index (κ1) is 15.3. The van der Waals surface area contributed by atoms with Crippen LogP contribution in [0.5, 0.6) is 0 Å². The van der Waals surface area contributed by atoms with Crippen LogP contribution in [0.1, 0.15) is 63.5 Å². The van der Waals surface area contributed by atoms with Crippen molar-refractivity contribution in [3.63, 3.8) is 0 Å². The van der Waals surface area contributed by atoms with Crippen LogP contribution in [0, 0.1) is 0 Å². The molecule has 1 N–H and O–H groups in total. The van der Waals surface area contributed by atoms with Gasteiger partial charge in [-0.05, 0) is 25.7 Å². The van der Waals surface area contributed by atoms with E-state index in [1.165, 1.54) is 32.1 Å². The molecular weight excluding hydrogens is 276 g/mol. The van der Waals surface area contributed by atoms with Crippen molar-refractivity contribution < 1.29 is 4.79 Å². The summed E-state index contributed by atoms with van der Waals surface area (Å²) in [5, 5.41) is 3.50. The number of likely N-dealkylation sites (tertiary alicyclic amines) is 1. The number of anilines is 1. The number of nitrogens with zero attached hydrogens (tertiary/aromatic N) is 3. The summed E-state index contributed by atoms with van der Waals surface area (Å²) in [5.41, 5.74) is 1.01. The molecule has 0 radical (unpaired) electrons. The van der Waals surface area contributed by atoms with Gasteiger partial charge in [0.25, 0.3) is 0 Å². The Morgan fingerprint density at radius 1 is 1.14 bits per heavy atom. The molecular formula is C17H26N4O. The SMILES string of the molecule is CC(=O)N1CCC[C@H](c2cnc(NC3CCCCC3)cn2)C1. The van der Waals surface area contributed by atoms with Gasteiger partial charge < -0.3 is 10.2 Å². The lowest BCUT2D eigenvalue weighted by Gasteiger charge is -2.31. The van der Waals surface area contributed by atoms with Crippen LogP contribution in [0.25, 0.3) is 0 Å². The molecule has 2 heterocycles. The summed E-state index contributed by atoms with van der Waals surface area (Å²) < 4.78 is 0. The van der Waals surface area contributed by atoms with Crippen LogP contribution in [0.2, 0.25) is 0 Å². The van der Waals surface area contributed by atoms with E-state index in [-0.39, 0.29) is 5.91 Å². The van der Waals surface area contributed by atoms with E-state index in [0.29, 0.717) is 12.0 Å². The van der Waals surface area contributed by atoms with Gasteiger partial charge in [0.2, 0.25) is 5.91 Å². The summed E-state index contributed by atoms with van der Waals surface area (Å²) in [6.07, 6.45) is 12.3. The number of hydrogen-bond acceptors (Lipinski definition) is 4. The van der Waals surface area contributed by atoms with Crippen molar-refractivity contribution in [2.45, 2.75) is 63.8 Å². The minimum atomic E-state index is 0.160. The molecule has 3 rings (SSSR count). The van der Waals surface area contributed by atoms with Crippen LogP contribution < -0.4 is 5.32 Å². The third-order valence-electron chi connectivity index (χ3n) is 4.91. The van der Waals surface area contributed by atoms with Gasteiger partial charge in [0.15, 0.2) is 0 Å². The molecule has 0 unspecified atom stereocenters. The number of rotatable bonds is 3. The van der Waals surface area contributed by atoms with E-state index in [9.17, 15) is 4.79 Å². The van der Waals surface area contributed by atoms with Crippen LogP contribution in [0.3, 0.4) is 0 Å². The maximum Gasteiger partial charge on any atom is 0.219 e. The molecule has 1 aliphatic carbocycles. The summed E-state index contributed by atoms with van der Waals surface area (Å²) in [6.45, 7) is 3.30. The van der Waals surface area contributed by atoms with Crippen molar-refractivity contribution >= 4 is 11.7 Å². The second-order valence-corrected chi connectivity index (χ2v) is 6.61. The largest absolute Gasteiger partial charge is 0.366 e. The van der Waals surface area contributed by atoms with Crippen molar-refractivity contribution in [3.8, 4) is 0 Å². The Morgan fingerprint density at radius 2 is 1.95 bits per heavy atom. The van der Waals surface area contributed by atoms with Gasteiger partial charge >= 0.3 is 0 Å². The lowest BCUT2D eigenvalue weighted by molar-refractivity contribution is -0.130. The second kappa shape index (κ2) is 7.07. The van der Waals surface area contributed by atoms with Crippen molar-refractivity contribution in [1.29, 1.82) is 0 Å². The molecule has 1 saturated heterocycles. The van der Waals surface area contributed by atoms with Gasteiger partial charge in [0.05, 0.1) is 18.1 Å². The van der Waals surface area contributed by atoms with Gasteiger partial charge in [-0.1, -0.05) is 19.3 Å². The summed E-state index contributed by atoms with van der Waals surface area (Å²) in [7, 11) is 0. The molecule has 1 aliphatic heterocycles. The molecule has 1 amide bonds. The molecule has 0 bridgehead atoms. The van der Waals surface area contributed by atoms with Gasteiger partial charge in [0.1, 0.15) is 5.82 Å². The van der Waals surface area contributed by atoms with E-state index in [0.717, 1.165) is 37.4 Å². The highest BCUT2D eigenvalue weighted by molar-refractivity contribution is 5.73. The highest BCUT2D eigenvalue weighted by Crippen LogP contribution is 2.26. The number of carbonyl (C=O) groups is 1. The Morgan fingerprint density at radius 3 is 2.64 bits per heavy atom. The predicted molar refractivity (Wildman–Crippen MR) is 86.8 cm³/mol. The van der Waals surface area contributed by atoms with Crippen molar-refractivity contribution in [2.24, 2.45) is 0 Å². The number of nitrogens with one attached hydrogen (secondary N) is 1. The third kappa shape index (κ3) is 3.76. The summed E-state index contributed by atoms with van der Waals surface area (Å²) >= 11 is 0. The Kier molecular flexibility index (Phi) is 4.90. The zero-order valence-corrected chi connectivity index (χ0v) is 13.4. The number of hydrogen-bond donors (Lipinski definition) is 1. The maximum absolute atomic E-state index is 11.5. The normalized spacial score (nSPS) is 23.3. The molecule has 5 heteroatoms. The topological polar surface area (TPSA) is 58.1 Å². The van der Waals surface area contributed by atoms with Crippen LogP contribution in [0.15, 0.2) is 12.4 Å². The van der Waals surface area contributed by atoms with Crippen LogP contribution in [-0.2, 0) is 4.79 Å². The fraction of sp³-hybridized carbons (Fsp3) is 0.706. The minimum absolute atomic E-state index is 0.160. The lowest BCUT2D eigenvalue weighted by Crippen LogP contribution is -2.37. The van der Waals surface area contributed by atoms with Crippen LogP contribution >= 0.6 is 0 Å². The van der Waals surface area contributed by atoms with Crippen LogP contribution in [-0.4, -0.2) is 39.9 Å². The van der Waals surface area contributed by atoms with E-state index in [1.807, 2.05) is 17.3 Å². The first-order chi connectivity index (χ1) is 10.7. The van der Waals surface area contributed by atoms with Gasteiger partial charge in [-0.25, -0.2) is 4.98 Å². The molecule has 1 aromatic rings. The van der Waals surface area contributed by atoms with E-state index < -0.39 is 0 Å². The Labute approximate surface area is 132 Å². The lowest BCUT2D eigenvalue weighted by atomic mass is 9.95. The van der Waals surface area contributed by atoms with E-state index >= 15 is 0 Å². The Bertz CT molecular complexity index is 496. The quantitative estimate of drug-likeness (QED) is 0.932. The van der Waals surface area contributed by atoms with Gasteiger partial charge in [-0.3, -0.25) is 9.78 Å². The predicted octanol–water partition coefficient (Wildman–Crippen LogP) is 2.95. The fourth-order valence-corrected chi connectivity index (χ4v) is 3.58. The Hall–Kier alpha value is -1.65. The van der Waals surface area contributed by atoms with Gasteiger partial charge in [-0.2, -0.15) is 0 Å². The van der Waals surface area contributed by atoms with Crippen molar-refractivity contribution in [3.05, 3.63) is 18.1 Å². The third-order valence-corrected chi connectivity index (χ3v) is 4.91. The number of piperidine rings is 1. The number of amides is 1. The van der Waals surface area contributed by atoms with Crippen molar-refractivity contribution in [1.82, 2.24) is 14.9 Å². The molecule has 0 spiro atoms. The highest BCUT2D eigenvalue weighted by Gasteiger charge is 2.24. The second-order valence-electron chi connectivity index (χ2n) is 6.61. The fourth-order valence-electron chi connectivity index (χ4n) is 3.58. The number of aromatic nitrogens is 2. The van der Waals surface area contributed by atoms with E-state index in [1.54, 1.807) is 6.92 Å². The smallest absolute Gasteiger partial charge is 0.219 e. The van der Waals surface area contributed by atoms with Crippen LogP contribution in [0.4, 0.5) is 5.82 Å². The molecule has 120 valence electrons.